The predicted octanol–water partition coefficient (Wildman–Crippen LogP) is 3.28. The number of rotatable bonds is 2. The normalized spacial score (nSPS) is 16.8. The van der Waals surface area contributed by atoms with Crippen molar-refractivity contribution in [1.82, 2.24) is 14.7 Å². The van der Waals surface area contributed by atoms with Gasteiger partial charge in [0, 0.05) is 24.8 Å². The Hall–Kier alpha value is -2.25. The van der Waals surface area contributed by atoms with Crippen LogP contribution >= 0.6 is 0 Å². The molecule has 2 aromatic heterocycles. The number of alkyl halides is 3. The highest BCUT2D eigenvalue weighted by atomic mass is 19.4. The van der Waals surface area contributed by atoms with Gasteiger partial charge in [-0.05, 0) is 31.9 Å². The zero-order chi connectivity index (χ0) is 16.6. The number of piperidine rings is 1. The van der Waals surface area contributed by atoms with Crippen LogP contribution in [-0.2, 0) is 6.18 Å². The lowest BCUT2D eigenvalue weighted by Gasteiger charge is -2.31. The van der Waals surface area contributed by atoms with E-state index < -0.39 is 11.9 Å². The van der Waals surface area contributed by atoms with Crippen molar-refractivity contribution < 1.29 is 22.4 Å². The third-order valence-electron chi connectivity index (χ3n) is 4.08. The second-order valence-electron chi connectivity index (χ2n) is 5.63. The van der Waals surface area contributed by atoms with E-state index in [1.54, 1.807) is 17.9 Å². The van der Waals surface area contributed by atoms with E-state index in [2.05, 4.69) is 5.10 Å². The first kappa shape index (κ1) is 15.6. The molecular weight excluding hydrogens is 311 g/mol. The molecule has 0 aromatic carbocycles. The van der Waals surface area contributed by atoms with Crippen LogP contribution in [0.1, 0.15) is 40.7 Å². The molecule has 0 unspecified atom stereocenters. The first-order valence-corrected chi connectivity index (χ1v) is 7.32. The number of hydrogen-bond donors (Lipinski definition) is 0. The van der Waals surface area contributed by atoms with E-state index in [0.29, 0.717) is 31.7 Å². The van der Waals surface area contributed by atoms with E-state index in [4.69, 9.17) is 4.42 Å². The van der Waals surface area contributed by atoms with Gasteiger partial charge < -0.3 is 9.32 Å². The van der Waals surface area contributed by atoms with Gasteiger partial charge in [-0.15, -0.1) is 0 Å². The van der Waals surface area contributed by atoms with Crippen LogP contribution < -0.4 is 0 Å². The molecule has 1 amide bonds. The van der Waals surface area contributed by atoms with Crippen LogP contribution in [0.5, 0.6) is 0 Å². The first-order valence-electron chi connectivity index (χ1n) is 7.32. The zero-order valence-electron chi connectivity index (χ0n) is 12.5. The van der Waals surface area contributed by atoms with Gasteiger partial charge in [0.1, 0.15) is 0 Å². The van der Waals surface area contributed by atoms with Crippen molar-refractivity contribution in [3.8, 4) is 0 Å². The standard InChI is InChI=1S/C15H16F3N3O2/c1-10-5-9-23-13(10)14(22)20-6-2-11(3-7-20)21-8-4-12(19-21)15(16,17)18/h4-5,8-9,11H,2-3,6-7H2,1H3. The number of halogens is 3. The third-order valence-corrected chi connectivity index (χ3v) is 4.08. The van der Waals surface area contributed by atoms with Crippen molar-refractivity contribution >= 4 is 5.91 Å². The molecule has 124 valence electrons. The van der Waals surface area contributed by atoms with Crippen LogP contribution in [0.3, 0.4) is 0 Å². The van der Waals surface area contributed by atoms with E-state index in [-0.39, 0.29) is 11.9 Å². The Kier molecular flexibility index (Phi) is 3.91. The Morgan fingerprint density at radius 3 is 2.52 bits per heavy atom. The SMILES string of the molecule is Cc1ccoc1C(=O)N1CCC(n2ccc(C(F)(F)F)n2)CC1. The predicted molar refractivity (Wildman–Crippen MR) is 74.8 cm³/mol. The van der Waals surface area contributed by atoms with Gasteiger partial charge in [-0.3, -0.25) is 9.48 Å². The second kappa shape index (κ2) is 5.75. The highest BCUT2D eigenvalue weighted by Gasteiger charge is 2.35. The molecule has 0 radical (unpaired) electrons. The molecule has 0 N–H and O–H groups in total. The minimum Gasteiger partial charge on any atom is -0.459 e. The lowest BCUT2D eigenvalue weighted by molar-refractivity contribution is -0.141. The minimum absolute atomic E-state index is 0.132. The van der Waals surface area contributed by atoms with Gasteiger partial charge in [-0.1, -0.05) is 0 Å². The van der Waals surface area contributed by atoms with Crippen molar-refractivity contribution in [3.05, 3.63) is 41.6 Å². The van der Waals surface area contributed by atoms with Crippen molar-refractivity contribution in [2.45, 2.75) is 32.0 Å². The van der Waals surface area contributed by atoms with Gasteiger partial charge in [-0.2, -0.15) is 18.3 Å². The summed E-state index contributed by atoms with van der Waals surface area (Å²) in [4.78, 5) is 14.0. The van der Waals surface area contributed by atoms with Crippen LogP contribution in [0.2, 0.25) is 0 Å². The molecule has 8 heteroatoms. The van der Waals surface area contributed by atoms with Crippen molar-refractivity contribution in [3.63, 3.8) is 0 Å². The number of furan rings is 1. The summed E-state index contributed by atoms with van der Waals surface area (Å²) in [7, 11) is 0. The van der Waals surface area contributed by atoms with Crippen molar-refractivity contribution in [2.24, 2.45) is 0 Å². The van der Waals surface area contributed by atoms with Crippen LogP contribution in [0, 0.1) is 6.92 Å². The molecule has 0 bridgehead atoms. The molecule has 0 aliphatic carbocycles. The quantitative estimate of drug-likeness (QED) is 0.850. The summed E-state index contributed by atoms with van der Waals surface area (Å²) in [5.74, 6) is 0.143. The van der Waals surface area contributed by atoms with Gasteiger partial charge in [0.25, 0.3) is 5.91 Å². The smallest absolute Gasteiger partial charge is 0.435 e. The summed E-state index contributed by atoms with van der Waals surface area (Å²) in [5.41, 5.74) is -0.110. The van der Waals surface area contributed by atoms with Gasteiger partial charge in [0.2, 0.25) is 0 Å². The molecule has 5 nitrogen and oxygen atoms in total. The molecule has 23 heavy (non-hydrogen) atoms. The fourth-order valence-corrected chi connectivity index (χ4v) is 2.76. The number of carbonyl (C=O) groups is 1. The maximum Gasteiger partial charge on any atom is 0.435 e. The Bertz CT molecular complexity index is 697. The lowest BCUT2D eigenvalue weighted by Crippen LogP contribution is -2.39. The molecule has 0 spiro atoms. The fourth-order valence-electron chi connectivity index (χ4n) is 2.76. The summed E-state index contributed by atoms with van der Waals surface area (Å²) in [6.07, 6.45) is -0.493. The highest BCUT2D eigenvalue weighted by Crippen LogP contribution is 2.30. The van der Waals surface area contributed by atoms with Crippen LogP contribution in [-0.4, -0.2) is 33.7 Å². The van der Waals surface area contributed by atoms with Gasteiger partial charge in [0.15, 0.2) is 11.5 Å². The van der Waals surface area contributed by atoms with Crippen molar-refractivity contribution in [2.75, 3.05) is 13.1 Å². The fraction of sp³-hybridized carbons (Fsp3) is 0.467. The third kappa shape index (κ3) is 3.11. The number of carbonyl (C=O) groups excluding carboxylic acids is 1. The Labute approximate surface area is 130 Å². The Morgan fingerprint density at radius 2 is 2.00 bits per heavy atom. The largest absolute Gasteiger partial charge is 0.459 e. The molecule has 1 saturated heterocycles. The van der Waals surface area contributed by atoms with Gasteiger partial charge in [0.05, 0.1) is 12.3 Å². The maximum atomic E-state index is 12.6. The van der Waals surface area contributed by atoms with E-state index in [1.165, 1.54) is 17.1 Å². The molecule has 0 atom stereocenters. The highest BCUT2D eigenvalue weighted by molar-refractivity contribution is 5.92. The number of likely N-dealkylation sites (tertiary alicyclic amines) is 1. The molecule has 1 fully saturated rings. The van der Waals surface area contributed by atoms with Crippen LogP contribution in [0.4, 0.5) is 13.2 Å². The van der Waals surface area contributed by atoms with Gasteiger partial charge >= 0.3 is 6.18 Å². The monoisotopic (exact) mass is 327 g/mol. The summed E-state index contributed by atoms with van der Waals surface area (Å²) < 4.78 is 44.3. The molecule has 2 aromatic rings. The summed E-state index contributed by atoms with van der Waals surface area (Å²) in [5, 5.41) is 3.61. The van der Waals surface area contributed by atoms with E-state index in [1.807, 2.05) is 0 Å². The van der Waals surface area contributed by atoms with E-state index in [0.717, 1.165) is 11.6 Å². The molecule has 3 rings (SSSR count). The molecule has 3 heterocycles. The lowest BCUT2D eigenvalue weighted by atomic mass is 10.0. The van der Waals surface area contributed by atoms with Crippen LogP contribution in [0.25, 0.3) is 0 Å². The molecule has 1 aliphatic heterocycles. The van der Waals surface area contributed by atoms with E-state index in [9.17, 15) is 18.0 Å². The number of aryl methyl sites for hydroxylation is 1. The summed E-state index contributed by atoms with van der Waals surface area (Å²) >= 11 is 0. The minimum atomic E-state index is -4.43. The van der Waals surface area contributed by atoms with Gasteiger partial charge in [-0.25, -0.2) is 0 Å². The number of nitrogens with zero attached hydrogens (tertiary/aromatic N) is 3. The summed E-state index contributed by atoms with van der Waals surface area (Å²) in [6, 6.07) is 2.57. The maximum absolute atomic E-state index is 12.6. The Balaban J connectivity index is 1.63. The summed E-state index contributed by atoms with van der Waals surface area (Å²) in [6.45, 7) is 2.72. The molecule has 0 saturated carbocycles. The van der Waals surface area contributed by atoms with Crippen LogP contribution in [0.15, 0.2) is 29.0 Å². The number of hydrogen-bond acceptors (Lipinski definition) is 3. The zero-order valence-corrected chi connectivity index (χ0v) is 12.5. The van der Waals surface area contributed by atoms with E-state index >= 15 is 0 Å². The topological polar surface area (TPSA) is 51.3 Å². The average Bonchev–Trinajstić information content (AvgIpc) is 3.15. The number of amides is 1. The molecule has 1 aliphatic rings. The average molecular weight is 327 g/mol. The Morgan fingerprint density at radius 1 is 1.30 bits per heavy atom. The second-order valence-corrected chi connectivity index (χ2v) is 5.63. The molecular formula is C15H16F3N3O2. The van der Waals surface area contributed by atoms with Crippen molar-refractivity contribution in [1.29, 1.82) is 0 Å². The number of aromatic nitrogens is 2. The first-order chi connectivity index (χ1) is 10.9.